The Balaban J connectivity index is 2.73. The van der Waals surface area contributed by atoms with Crippen LogP contribution in [0.4, 0.5) is 0 Å². The molecule has 0 heterocycles. The molecular weight excluding hydrogens is 186 g/mol. The number of benzene rings is 1. The van der Waals surface area contributed by atoms with Crippen LogP contribution in [0.25, 0.3) is 0 Å². The highest BCUT2D eigenvalue weighted by atomic mass is 16.3. The summed E-state index contributed by atoms with van der Waals surface area (Å²) in [7, 11) is 0. The standard InChI is InChI=1S/C13H17NO/c1-2-3-7-10-13(15,11-14)12-8-5-4-6-9-12/h1,4-6,8-9,15H,3,7,10-11,14H2. The normalized spacial score (nSPS) is 14.2. The van der Waals surface area contributed by atoms with Gasteiger partial charge in [0, 0.05) is 13.0 Å². The maximum Gasteiger partial charge on any atom is 0.102 e. The third-order valence-electron chi connectivity index (χ3n) is 2.56. The Kier molecular flexibility index (Phi) is 4.36. The Morgan fingerprint density at radius 3 is 2.53 bits per heavy atom. The zero-order valence-electron chi connectivity index (χ0n) is 8.82. The molecule has 1 aromatic rings. The van der Waals surface area contributed by atoms with Gasteiger partial charge in [0.05, 0.1) is 0 Å². The van der Waals surface area contributed by atoms with Gasteiger partial charge < -0.3 is 10.8 Å². The Hall–Kier alpha value is -1.30. The van der Waals surface area contributed by atoms with Crippen molar-refractivity contribution in [3.63, 3.8) is 0 Å². The molecule has 0 aliphatic rings. The van der Waals surface area contributed by atoms with Gasteiger partial charge >= 0.3 is 0 Å². The molecule has 0 amide bonds. The molecule has 0 saturated carbocycles. The maximum absolute atomic E-state index is 10.3. The van der Waals surface area contributed by atoms with Crippen LogP contribution in [0.15, 0.2) is 30.3 Å². The zero-order valence-corrected chi connectivity index (χ0v) is 8.82. The number of hydrogen-bond donors (Lipinski definition) is 2. The summed E-state index contributed by atoms with van der Waals surface area (Å²) in [5.41, 5.74) is 5.55. The van der Waals surface area contributed by atoms with Crippen molar-refractivity contribution >= 4 is 0 Å². The summed E-state index contributed by atoms with van der Waals surface area (Å²) in [6.45, 7) is 0.224. The molecule has 80 valence electrons. The van der Waals surface area contributed by atoms with E-state index in [4.69, 9.17) is 12.2 Å². The van der Waals surface area contributed by atoms with Crippen LogP contribution < -0.4 is 5.73 Å². The fraction of sp³-hybridized carbons (Fsp3) is 0.385. The molecule has 0 aromatic heterocycles. The highest BCUT2D eigenvalue weighted by Crippen LogP contribution is 2.25. The van der Waals surface area contributed by atoms with Crippen molar-refractivity contribution in [1.82, 2.24) is 0 Å². The zero-order chi connectivity index (χ0) is 11.1. The van der Waals surface area contributed by atoms with Crippen LogP contribution in [-0.2, 0) is 5.60 Å². The van der Waals surface area contributed by atoms with Gasteiger partial charge in [-0.25, -0.2) is 0 Å². The summed E-state index contributed by atoms with van der Waals surface area (Å²) < 4.78 is 0. The van der Waals surface area contributed by atoms with Gasteiger partial charge in [0.2, 0.25) is 0 Å². The first-order chi connectivity index (χ1) is 7.23. The van der Waals surface area contributed by atoms with Gasteiger partial charge in [0.15, 0.2) is 0 Å². The molecule has 0 saturated heterocycles. The summed E-state index contributed by atoms with van der Waals surface area (Å²) in [6, 6.07) is 9.50. The first-order valence-corrected chi connectivity index (χ1v) is 5.14. The third kappa shape index (κ3) is 3.09. The topological polar surface area (TPSA) is 46.2 Å². The molecule has 2 nitrogen and oxygen atoms in total. The van der Waals surface area contributed by atoms with E-state index in [2.05, 4.69) is 5.92 Å². The summed E-state index contributed by atoms with van der Waals surface area (Å²) in [5.74, 6) is 2.56. The van der Waals surface area contributed by atoms with E-state index in [9.17, 15) is 5.11 Å². The molecule has 1 rings (SSSR count). The summed E-state index contributed by atoms with van der Waals surface area (Å²) in [6.07, 6.45) is 7.25. The molecule has 0 radical (unpaired) electrons. The number of rotatable bonds is 5. The second-order valence-corrected chi connectivity index (χ2v) is 3.66. The maximum atomic E-state index is 10.3. The second kappa shape index (κ2) is 5.55. The van der Waals surface area contributed by atoms with Gasteiger partial charge in [0.25, 0.3) is 0 Å². The molecule has 0 aliphatic heterocycles. The molecule has 1 unspecified atom stereocenters. The SMILES string of the molecule is C#CCCCC(O)(CN)c1ccccc1. The van der Waals surface area contributed by atoms with Crippen LogP contribution in [0.3, 0.4) is 0 Å². The molecule has 0 bridgehead atoms. The van der Waals surface area contributed by atoms with E-state index in [1.54, 1.807) is 0 Å². The van der Waals surface area contributed by atoms with Crippen molar-refractivity contribution in [2.24, 2.45) is 5.73 Å². The average molecular weight is 203 g/mol. The lowest BCUT2D eigenvalue weighted by Crippen LogP contribution is -2.34. The number of aliphatic hydroxyl groups is 1. The fourth-order valence-corrected chi connectivity index (χ4v) is 1.60. The first-order valence-electron chi connectivity index (χ1n) is 5.14. The molecule has 0 fully saturated rings. The predicted molar refractivity (Wildman–Crippen MR) is 62.1 cm³/mol. The minimum atomic E-state index is -0.932. The van der Waals surface area contributed by atoms with Crippen LogP contribution in [0.1, 0.15) is 24.8 Å². The number of nitrogens with two attached hydrogens (primary N) is 1. The molecule has 0 aliphatic carbocycles. The van der Waals surface area contributed by atoms with E-state index in [1.807, 2.05) is 30.3 Å². The van der Waals surface area contributed by atoms with E-state index >= 15 is 0 Å². The van der Waals surface area contributed by atoms with Gasteiger partial charge in [-0.3, -0.25) is 0 Å². The Morgan fingerprint density at radius 1 is 1.33 bits per heavy atom. The van der Waals surface area contributed by atoms with Crippen molar-refractivity contribution in [2.45, 2.75) is 24.9 Å². The lowest BCUT2D eigenvalue weighted by Gasteiger charge is -2.26. The average Bonchev–Trinajstić information content (AvgIpc) is 2.30. The second-order valence-electron chi connectivity index (χ2n) is 3.66. The van der Waals surface area contributed by atoms with Gasteiger partial charge in [-0.05, 0) is 18.4 Å². The highest BCUT2D eigenvalue weighted by Gasteiger charge is 2.26. The molecule has 2 heteroatoms. The Bertz CT molecular complexity index is 328. The molecule has 1 atom stereocenters. The third-order valence-corrected chi connectivity index (χ3v) is 2.56. The molecule has 1 aromatic carbocycles. The number of hydrogen-bond acceptors (Lipinski definition) is 2. The van der Waals surface area contributed by atoms with Gasteiger partial charge in [-0.1, -0.05) is 30.3 Å². The van der Waals surface area contributed by atoms with Crippen molar-refractivity contribution in [2.75, 3.05) is 6.54 Å². The van der Waals surface area contributed by atoms with E-state index < -0.39 is 5.60 Å². The predicted octanol–water partition coefficient (Wildman–Crippen LogP) is 1.64. The van der Waals surface area contributed by atoms with E-state index in [1.165, 1.54) is 0 Å². The molecule has 3 N–H and O–H groups in total. The van der Waals surface area contributed by atoms with E-state index in [-0.39, 0.29) is 6.54 Å². The monoisotopic (exact) mass is 203 g/mol. The van der Waals surface area contributed by atoms with Crippen LogP contribution in [0, 0.1) is 12.3 Å². The van der Waals surface area contributed by atoms with E-state index in [0.29, 0.717) is 12.8 Å². The van der Waals surface area contributed by atoms with Crippen molar-refractivity contribution < 1.29 is 5.11 Å². The van der Waals surface area contributed by atoms with Crippen LogP contribution in [0.2, 0.25) is 0 Å². The molecule has 0 spiro atoms. The Morgan fingerprint density at radius 2 is 2.00 bits per heavy atom. The van der Waals surface area contributed by atoms with Gasteiger partial charge in [-0.15, -0.1) is 12.3 Å². The quantitative estimate of drug-likeness (QED) is 0.564. The minimum Gasteiger partial charge on any atom is -0.384 e. The summed E-state index contributed by atoms with van der Waals surface area (Å²) in [4.78, 5) is 0. The van der Waals surface area contributed by atoms with Gasteiger partial charge in [-0.2, -0.15) is 0 Å². The first kappa shape index (κ1) is 11.8. The van der Waals surface area contributed by atoms with E-state index in [0.717, 1.165) is 12.0 Å². The number of terminal acetylenes is 1. The van der Waals surface area contributed by atoms with Gasteiger partial charge in [0.1, 0.15) is 5.60 Å². The fourth-order valence-electron chi connectivity index (χ4n) is 1.60. The van der Waals surface area contributed by atoms with Crippen LogP contribution >= 0.6 is 0 Å². The van der Waals surface area contributed by atoms with Crippen LogP contribution in [0.5, 0.6) is 0 Å². The smallest absolute Gasteiger partial charge is 0.102 e. The van der Waals surface area contributed by atoms with Crippen molar-refractivity contribution in [3.8, 4) is 12.3 Å². The van der Waals surface area contributed by atoms with Crippen LogP contribution in [-0.4, -0.2) is 11.7 Å². The van der Waals surface area contributed by atoms with Crippen molar-refractivity contribution in [3.05, 3.63) is 35.9 Å². The number of unbranched alkanes of at least 4 members (excludes halogenated alkanes) is 1. The molecular formula is C13H17NO. The summed E-state index contributed by atoms with van der Waals surface area (Å²) >= 11 is 0. The lowest BCUT2D eigenvalue weighted by molar-refractivity contribution is 0.0350. The lowest BCUT2D eigenvalue weighted by atomic mass is 9.89. The summed E-state index contributed by atoms with van der Waals surface area (Å²) in [5, 5.41) is 10.3. The largest absolute Gasteiger partial charge is 0.384 e. The highest BCUT2D eigenvalue weighted by molar-refractivity contribution is 5.22. The minimum absolute atomic E-state index is 0.224. The molecule has 15 heavy (non-hydrogen) atoms. The Labute approximate surface area is 91.1 Å². The van der Waals surface area contributed by atoms with Crippen molar-refractivity contribution in [1.29, 1.82) is 0 Å².